The van der Waals surface area contributed by atoms with Crippen LogP contribution in [0.4, 0.5) is 0 Å². The quantitative estimate of drug-likeness (QED) is 0.0779. The lowest BCUT2D eigenvalue weighted by Crippen LogP contribution is -2.59. The first-order valence-electron chi connectivity index (χ1n) is 28.2. The number of aliphatic hydroxyl groups is 7. The monoisotopic (exact) mass is 990 g/mol. The number of carboxylic acid groups (broad SMARTS) is 1. The molecular formula is C57H99NO12. The van der Waals surface area contributed by atoms with E-state index in [4.69, 9.17) is 19.7 Å². The third kappa shape index (κ3) is 10.6. The van der Waals surface area contributed by atoms with Gasteiger partial charge in [0.1, 0.15) is 24.4 Å². The Morgan fingerprint density at radius 1 is 0.586 bits per heavy atom. The highest BCUT2D eigenvalue weighted by molar-refractivity contribution is 5.75. The van der Waals surface area contributed by atoms with E-state index >= 15 is 0 Å². The first-order valence-corrected chi connectivity index (χ1v) is 28.2. The average Bonchev–Trinajstić information content (AvgIpc) is 3.88. The standard InChI is InChI=1S/C32H57NO8.C25H42O4/c1-18(6-9-27(38)33(4)16-24(36)29(39)30(40)25(37)17-34)21-7-8-22-28-23(11-13-32(21,22)3)31(2)12-10-20(35)14-19(31)15-26(28)41-5;1-15(5-8-22(27)28)18-6-7-19-23-20(10-12-25(18,19)3)24(2)11-9-17(26)13-16(24)14-21(23)29-4/h18-26,28-30,34-37,39-40H,6-17H2,1-5H3;15-21,23,26H,5-14H2,1-4H3,(H,27,28)/t18-,19+,20-,21-,22+,23+,24+,25-,26-,28+,29-,30-,31+,32-;15-,16+,17-,18-,19+,20+,21-,23+,24+,25-/m11/s1. The van der Waals surface area contributed by atoms with Gasteiger partial charge >= 0.3 is 5.97 Å². The molecule has 1 amide bonds. The van der Waals surface area contributed by atoms with Crippen molar-refractivity contribution in [1.29, 1.82) is 0 Å². The second kappa shape index (κ2) is 22.4. The topological polar surface area (TPSA) is 218 Å². The van der Waals surface area contributed by atoms with Crippen molar-refractivity contribution in [2.45, 2.75) is 219 Å². The van der Waals surface area contributed by atoms with Crippen molar-refractivity contribution in [2.75, 3.05) is 34.4 Å². The van der Waals surface area contributed by atoms with Gasteiger partial charge in [-0.2, -0.15) is 0 Å². The maximum absolute atomic E-state index is 13.0. The van der Waals surface area contributed by atoms with Crippen molar-refractivity contribution in [2.24, 2.45) is 92.7 Å². The molecule has 24 atom stereocenters. The van der Waals surface area contributed by atoms with E-state index in [1.54, 1.807) is 7.05 Å². The largest absolute Gasteiger partial charge is 0.481 e. The summed E-state index contributed by atoms with van der Waals surface area (Å²) in [6.45, 7) is 13.7. The van der Waals surface area contributed by atoms with Gasteiger partial charge in [-0.1, -0.05) is 41.5 Å². The Hall–Kier alpha value is -1.42. The molecule has 0 aromatic heterocycles. The third-order valence-electron chi connectivity index (χ3n) is 23.2. The van der Waals surface area contributed by atoms with Crippen molar-refractivity contribution in [3.63, 3.8) is 0 Å². The molecule has 70 heavy (non-hydrogen) atoms. The predicted octanol–water partition coefficient (Wildman–Crippen LogP) is 7.07. The summed E-state index contributed by atoms with van der Waals surface area (Å²) >= 11 is 0. The minimum Gasteiger partial charge on any atom is -0.481 e. The van der Waals surface area contributed by atoms with E-state index in [9.17, 15) is 40.2 Å². The number of methoxy groups -OCH3 is 2. The Kier molecular flexibility index (Phi) is 18.0. The smallest absolute Gasteiger partial charge is 0.303 e. The average molecular weight is 990 g/mol. The van der Waals surface area contributed by atoms with Crippen LogP contribution in [0.2, 0.25) is 0 Å². The molecule has 0 spiro atoms. The summed E-state index contributed by atoms with van der Waals surface area (Å²) in [5.74, 6) is 6.20. The van der Waals surface area contributed by atoms with Crippen LogP contribution in [0.25, 0.3) is 0 Å². The van der Waals surface area contributed by atoms with E-state index in [1.807, 2.05) is 14.2 Å². The van der Waals surface area contributed by atoms with Gasteiger partial charge in [-0.05, 0) is 208 Å². The number of ether oxygens (including phenoxy) is 2. The van der Waals surface area contributed by atoms with Gasteiger partial charge in [0, 0.05) is 40.7 Å². The third-order valence-corrected chi connectivity index (χ3v) is 23.2. The maximum atomic E-state index is 13.0. The van der Waals surface area contributed by atoms with Crippen LogP contribution in [0.15, 0.2) is 0 Å². The van der Waals surface area contributed by atoms with Gasteiger partial charge in [0.15, 0.2) is 0 Å². The number of aliphatic hydroxyl groups excluding tert-OH is 7. The molecule has 8 aliphatic rings. The van der Waals surface area contributed by atoms with Crippen molar-refractivity contribution in [3.05, 3.63) is 0 Å². The highest BCUT2D eigenvalue weighted by Gasteiger charge is 2.65. The molecule has 0 bridgehead atoms. The summed E-state index contributed by atoms with van der Waals surface area (Å²) in [5.41, 5.74) is 1.18. The van der Waals surface area contributed by atoms with E-state index in [2.05, 4.69) is 41.5 Å². The van der Waals surface area contributed by atoms with Crippen LogP contribution in [0.5, 0.6) is 0 Å². The van der Waals surface area contributed by atoms with Gasteiger partial charge in [-0.15, -0.1) is 0 Å². The number of aliphatic carboxylic acids is 1. The molecule has 8 rings (SSSR count). The van der Waals surface area contributed by atoms with E-state index in [0.29, 0.717) is 101 Å². The van der Waals surface area contributed by atoms with Gasteiger partial charge in [0.2, 0.25) is 5.91 Å². The summed E-state index contributed by atoms with van der Waals surface area (Å²) in [6, 6.07) is 0. The lowest BCUT2D eigenvalue weighted by molar-refractivity contribution is -0.181. The summed E-state index contributed by atoms with van der Waals surface area (Å²) in [7, 11) is 5.34. The van der Waals surface area contributed by atoms with Gasteiger partial charge < -0.3 is 55.2 Å². The van der Waals surface area contributed by atoms with Gasteiger partial charge in [0.05, 0.1) is 31.0 Å². The number of carboxylic acids is 1. The first-order chi connectivity index (χ1) is 33.0. The Labute approximate surface area is 421 Å². The molecule has 8 aliphatic carbocycles. The highest BCUT2D eigenvalue weighted by atomic mass is 16.5. The second-order valence-corrected chi connectivity index (χ2v) is 26.3. The number of hydrogen-bond donors (Lipinski definition) is 8. The zero-order valence-corrected chi connectivity index (χ0v) is 44.8. The molecule has 0 saturated heterocycles. The number of amides is 1. The zero-order valence-electron chi connectivity index (χ0n) is 44.8. The summed E-state index contributed by atoms with van der Waals surface area (Å²) in [4.78, 5) is 25.4. The van der Waals surface area contributed by atoms with Crippen LogP contribution in [0.3, 0.4) is 0 Å². The number of fused-ring (bicyclic) bond motifs is 10. The molecule has 404 valence electrons. The minimum atomic E-state index is -1.70. The van der Waals surface area contributed by atoms with Crippen LogP contribution in [-0.4, -0.2) is 141 Å². The molecule has 0 aromatic carbocycles. The molecular weight excluding hydrogens is 891 g/mol. The molecule has 8 N–H and O–H groups in total. The van der Waals surface area contributed by atoms with E-state index < -0.39 is 37.0 Å². The van der Waals surface area contributed by atoms with Gasteiger partial charge in [0.25, 0.3) is 0 Å². The Morgan fingerprint density at radius 3 is 1.40 bits per heavy atom. The van der Waals surface area contributed by atoms with Crippen molar-refractivity contribution in [3.8, 4) is 0 Å². The normalized spacial score (nSPS) is 45.6. The van der Waals surface area contributed by atoms with E-state index in [0.717, 1.165) is 64.2 Å². The van der Waals surface area contributed by atoms with Crippen LogP contribution < -0.4 is 0 Å². The molecule has 0 heterocycles. The first kappa shape index (κ1) is 56.3. The van der Waals surface area contributed by atoms with Gasteiger partial charge in [-0.3, -0.25) is 9.59 Å². The lowest BCUT2D eigenvalue weighted by atomic mass is 9.43. The maximum Gasteiger partial charge on any atom is 0.303 e. The fraction of sp³-hybridized carbons (Fsp3) is 0.965. The van der Waals surface area contributed by atoms with Crippen molar-refractivity contribution >= 4 is 11.9 Å². The van der Waals surface area contributed by atoms with Crippen LogP contribution in [0.1, 0.15) is 170 Å². The molecule has 0 unspecified atom stereocenters. The highest BCUT2D eigenvalue weighted by Crippen LogP contribution is 2.70. The molecule has 0 aromatic rings. The number of likely N-dealkylation sites (N-methyl/N-ethyl adjacent to an activating group) is 1. The molecule has 8 fully saturated rings. The number of carbonyl (C=O) groups excluding carboxylic acids is 1. The van der Waals surface area contributed by atoms with E-state index in [-0.39, 0.29) is 41.6 Å². The molecule has 8 saturated carbocycles. The number of nitrogens with zero attached hydrogens (tertiary/aromatic N) is 1. The molecule has 0 radical (unpaired) electrons. The fourth-order valence-corrected chi connectivity index (χ4v) is 19.1. The second-order valence-electron chi connectivity index (χ2n) is 26.3. The minimum absolute atomic E-state index is 0.123. The number of hydrogen-bond acceptors (Lipinski definition) is 11. The Bertz CT molecular complexity index is 1750. The van der Waals surface area contributed by atoms with Gasteiger partial charge in [-0.25, -0.2) is 0 Å². The van der Waals surface area contributed by atoms with Crippen LogP contribution >= 0.6 is 0 Å². The zero-order chi connectivity index (χ0) is 51.2. The molecule has 13 nitrogen and oxygen atoms in total. The number of carbonyl (C=O) groups is 2. The van der Waals surface area contributed by atoms with Crippen molar-refractivity contribution in [1.82, 2.24) is 4.90 Å². The van der Waals surface area contributed by atoms with Crippen LogP contribution in [0, 0.1) is 92.7 Å². The summed E-state index contributed by atoms with van der Waals surface area (Å²) in [5, 5.41) is 78.7. The Morgan fingerprint density at radius 2 is 0.986 bits per heavy atom. The predicted molar refractivity (Wildman–Crippen MR) is 268 cm³/mol. The summed E-state index contributed by atoms with van der Waals surface area (Å²) < 4.78 is 12.4. The summed E-state index contributed by atoms with van der Waals surface area (Å²) in [6.07, 6.45) is 14.1. The fourth-order valence-electron chi connectivity index (χ4n) is 19.1. The molecule has 13 heteroatoms. The Balaban J connectivity index is 0.000000218. The SMILES string of the molecule is CO[C@@H]1C[C@@H]2C[C@H](O)CC[C@]2(C)[C@H]2CC[C@]3(C)[C@@H]([C@H](C)CCC(=O)N(C)C[C@H](O)[C@@H](O)[C@H](O)[C@H](O)CO)CC[C@H]3[C@H]12.CO[C@@H]1C[C@@H]2C[C@H](O)CC[C@]2(C)[C@H]2CC[C@]3(C)[C@@H]([C@H](C)CCC(=O)O)CC[C@H]3[C@H]12. The van der Waals surface area contributed by atoms with E-state index in [1.165, 1.54) is 56.3 Å². The number of rotatable bonds is 16. The molecule has 0 aliphatic heterocycles. The van der Waals surface area contributed by atoms with Crippen molar-refractivity contribution < 1.29 is 59.9 Å². The lowest BCUT2D eigenvalue weighted by Gasteiger charge is -2.63. The van der Waals surface area contributed by atoms with Crippen LogP contribution in [-0.2, 0) is 19.1 Å².